The number of rotatable bonds is 4. The Labute approximate surface area is 86.2 Å². The van der Waals surface area contributed by atoms with Gasteiger partial charge in [-0.1, -0.05) is 0 Å². The number of nitro groups is 1. The van der Waals surface area contributed by atoms with Crippen LogP contribution in [0.25, 0.3) is 0 Å². The van der Waals surface area contributed by atoms with E-state index in [9.17, 15) is 15.2 Å². The van der Waals surface area contributed by atoms with Gasteiger partial charge in [0.1, 0.15) is 5.75 Å². The number of nitrogens with zero attached hydrogens (tertiary/aromatic N) is 1. The van der Waals surface area contributed by atoms with Crippen LogP contribution in [0.15, 0.2) is 18.2 Å². The summed E-state index contributed by atoms with van der Waals surface area (Å²) in [6.07, 6.45) is -1.24. The van der Waals surface area contributed by atoms with E-state index in [2.05, 4.69) is 4.74 Å². The first kappa shape index (κ1) is 11.4. The van der Waals surface area contributed by atoms with Crippen molar-refractivity contribution in [2.24, 2.45) is 0 Å². The highest BCUT2D eigenvalue weighted by atomic mass is 16.6. The normalized spacial score (nSPS) is 12.2. The molecule has 82 valence electrons. The predicted octanol–water partition coefficient (Wildman–Crippen LogP) is 1.24. The lowest BCUT2D eigenvalue weighted by molar-refractivity contribution is -0.385. The zero-order valence-electron chi connectivity index (χ0n) is 8.34. The van der Waals surface area contributed by atoms with E-state index in [1.54, 1.807) is 0 Å². The Morgan fingerprint density at radius 1 is 1.47 bits per heavy atom. The number of methoxy groups -OCH3 is 2. The second-order valence-corrected chi connectivity index (χ2v) is 2.77. The van der Waals surface area contributed by atoms with Gasteiger partial charge in [0.25, 0.3) is 5.69 Å². The number of non-ortho nitro benzene ring substituents is 1. The van der Waals surface area contributed by atoms with Gasteiger partial charge < -0.3 is 14.6 Å². The molecule has 0 aliphatic carbocycles. The number of aliphatic hydroxyl groups is 1. The molecule has 0 aromatic heterocycles. The first-order valence-corrected chi connectivity index (χ1v) is 4.13. The van der Waals surface area contributed by atoms with Crippen LogP contribution in [0.2, 0.25) is 0 Å². The molecule has 6 heteroatoms. The van der Waals surface area contributed by atoms with Crippen LogP contribution in [0.4, 0.5) is 5.69 Å². The molecule has 1 atom stereocenters. The lowest BCUT2D eigenvalue weighted by atomic mass is 10.1. The minimum Gasteiger partial charge on any atom is -0.496 e. The van der Waals surface area contributed by atoms with Crippen LogP contribution in [-0.2, 0) is 4.74 Å². The Morgan fingerprint density at radius 3 is 2.60 bits per heavy atom. The van der Waals surface area contributed by atoms with E-state index in [0.29, 0.717) is 5.75 Å². The van der Waals surface area contributed by atoms with Crippen molar-refractivity contribution in [1.82, 2.24) is 0 Å². The summed E-state index contributed by atoms with van der Waals surface area (Å²) in [5, 5.41) is 19.9. The summed E-state index contributed by atoms with van der Waals surface area (Å²) in [5.74, 6) is 0.343. The maximum absolute atomic E-state index is 10.5. The monoisotopic (exact) mass is 213 g/mol. The Bertz CT molecular complexity index is 366. The van der Waals surface area contributed by atoms with Crippen molar-refractivity contribution in [2.45, 2.75) is 6.29 Å². The molecule has 0 aliphatic rings. The van der Waals surface area contributed by atoms with Crippen molar-refractivity contribution in [3.63, 3.8) is 0 Å². The van der Waals surface area contributed by atoms with Crippen molar-refractivity contribution in [3.8, 4) is 5.75 Å². The number of aliphatic hydroxyl groups excluding tert-OH is 1. The summed E-state index contributed by atoms with van der Waals surface area (Å²) >= 11 is 0. The Hall–Kier alpha value is -1.66. The van der Waals surface area contributed by atoms with E-state index >= 15 is 0 Å². The van der Waals surface area contributed by atoms with Crippen molar-refractivity contribution in [1.29, 1.82) is 0 Å². The standard InChI is InChI=1S/C9H11NO5/c1-14-8-4-3-6(10(12)13)5-7(8)9(11)15-2/h3-5,9,11H,1-2H3. The minimum atomic E-state index is -1.24. The zero-order chi connectivity index (χ0) is 11.4. The van der Waals surface area contributed by atoms with Gasteiger partial charge in [0.05, 0.1) is 17.6 Å². The molecule has 1 aromatic carbocycles. The molecule has 0 fully saturated rings. The summed E-state index contributed by atoms with van der Waals surface area (Å²) in [7, 11) is 2.70. The van der Waals surface area contributed by atoms with Gasteiger partial charge in [-0.2, -0.15) is 0 Å². The molecule has 0 amide bonds. The van der Waals surface area contributed by atoms with Gasteiger partial charge in [-0.15, -0.1) is 0 Å². The third-order valence-electron chi connectivity index (χ3n) is 1.91. The maximum Gasteiger partial charge on any atom is 0.270 e. The molecule has 0 aliphatic heterocycles. The lowest BCUT2D eigenvalue weighted by Crippen LogP contribution is -2.03. The highest BCUT2D eigenvalue weighted by molar-refractivity contribution is 5.44. The van der Waals surface area contributed by atoms with Crippen LogP contribution in [0.3, 0.4) is 0 Å². The van der Waals surface area contributed by atoms with E-state index in [1.165, 1.54) is 32.4 Å². The molecule has 1 unspecified atom stereocenters. The summed E-state index contributed by atoms with van der Waals surface area (Å²) < 4.78 is 9.61. The van der Waals surface area contributed by atoms with E-state index in [-0.39, 0.29) is 11.3 Å². The van der Waals surface area contributed by atoms with Crippen LogP contribution in [-0.4, -0.2) is 24.2 Å². The van der Waals surface area contributed by atoms with Gasteiger partial charge in [-0.05, 0) is 6.07 Å². The average Bonchev–Trinajstić information content (AvgIpc) is 2.27. The van der Waals surface area contributed by atoms with E-state index < -0.39 is 11.2 Å². The predicted molar refractivity (Wildman–Crippen MR) is 51.6 cm³/mol. The van der Waals surface area contributed by atoms with E-state index in [4.69, 9.17) is 4.74 Å². The Balaban J connectivity index is 3.18. The third-order valence-corrected chi connectivity index (χ3v) is 1.91. The molecular formula is C9H11NO5. The van der Waals surface area contributed by atoms with Gasteiger partial charge in [-0.3, -0.25) is 10.1 Å². The van der Waals surface area contributed by atoms with Crippen molar-refractivity contribution in [2.75, 3.05) is 14.2 Å². The molecule has 6 nitrogen and oxygen atoms in total. The SMILES string of the molecule is COc1ccc([N+](=O)[O-])cc1C(O)OC. The van der Waals surface area contributed by atoms with Gasteiger partial charge in [0.15, 0.2) is 6.29 Å². The highest BCUT2D eigenvalue weighted by Crippen LogP contribution is 2.29. The van der Waals surface area contributed by atoms with Crippen molar-refractivity contribution >= 4 is 5.69 Å². The first-order chi connectivity index (χ1) is 7.10. The molecule has 0 radical (unpaired) electrons. The van der Waals surface area contributed by atoms with Crippen LogP contribution >= 0.6 is 0 Å². The average molecular weight is 213 g/mol. The van der Waals surface area contributed by atoms with Crippen LogP contribution in [0.5, 0.6) is 5.75 Å². The molecule has 1 aromatic rings. The molecule has 0 saturated heterocycles. The number of hydrogen-bond acceptors (Lipinski definition) is 5. The number of ether oxygens (including phenoxy) is 2. The van der Waals surface area contributed by atoms with Gasteiger partial charge in [0, 0.05) is 19.2 Å². The highest BCUT2D eigenvalue weighted by Gasteiger charge is 2.17. The molecule has 15 heavy (non-hydrogen) atoms. The maximum atomic E-state index is 10.5. The summed E-state index contributed by atoms with van der Waals surface area (Å²) in [4.78, 5) is 9.96. The van der Waals surface area contributed by atoms with E-state index in [1.807, 2.05) is 0 Å². The molecule has 0 bridgehead atoms. The Morgan fingerprint density at radius 2 is 2.13 bits per heavy atom. The fourth-order valence-corrected chi connectivity index (χ4v) is 1.16. The summed E-state index contributed by atoms with van der Waals surface area (Å²) in [6.45, 7) is 0. The fraction of sp³-hybridized carbons (Fsp3) is 0.333. The zero-order valence-corrected chi connectivity index (χ0v) is 8.34. The molecule has 0 heterocycles. The second kappa shape index (κ2) is 4.72. The van der Waals surface area contributed by atoms with Crippen molar-refractivity contribution in [3.05, 3.63) is 33.9 Å². The lowest BCUT2D eigenvalue weighted by Gasteiger charge is -2.12. The topological polar surface area (TPSA) is 81.8 Å². The van der Waals surface area contributed by atoms with Crippen LogP contribution in [0, 0.1) is 10.1 Å². The van der Waals surface area contributed by atoms with Crippen molar-refractivity contribution < 1.29 is 19.5 Å². The van der Waals surface area contributed by atoms with Gasteiger partial charge in [-0.25, -0.2) is 0 Å². The summed E-state index contributed by atoms with van der Waals surface area (Å²) in [6, 6.07) is 3.92. The molecule has 0 saturated carbocycles. The number of benzene rings is 1. The van der Waals surface area contributed by atoms with E-state index in [0.717, 1.165) is 0 Å². The summed E-state index contributed by atoms with van der Waals surface area (Å²) in [5.41, 5.74) is 0.108. The Kier molecular flexibility index (Phi) is 3.59. The number of hydrogen-bond donors (Lipinski definition) is 1. The minimum absolute atomic E-state index is 0.123. The number of nitro benzene ring substituents is 1. The fourth-order valence-electron chi connectivity index (χ4n) is 1.16. The van der Waals surface area contributed by atoms with Gasteiger partial charge >= 0.3 is 0 Å². The van der Waals surface area contributed by atoms with Crippen LogP contribution < -0.4 is 4.74 Å². The molecular weight excluding hydrogens is 202 g/mol. The molecule has 0 spiro atoms. The third kappa shape index (κ3) is 2.42. The second-order valence-electron chi connectivity index (χ2n) is 2.77. The quantitative estimate of drug-likeness (QED) is 0.462. The van der Waals surface area contributed by atoms with Gasteiger partial charge in [0.2, 0.25) is 0 Å². The first-order valence-electron chi connectivity index (χ1n) is 4.13. The molecule has 1 N–H and O–H groups in total. The van der Waals surface area contributed by atoms with Crippen LogP contribution in [0.1, 0.15) is 11.9 Å². The smallest absolute Gasteiger partial charge is 0.270 e. The molecule has 1 rings (SSSR count). The largest absolute Gasteiger partial charge is 0.496 e.